The van der Waals surface area contributed by atoms with Gasteiger partial charge in [0.1, 0.15) is 11.6 Å². The second kappa shape index (κ2) is 24.5. The molecule has 0 aromatic heterocycles. The van der Waals surface area contributed by atoms with Crippen LogP contribution in [-0.2, 0) is 23.3 Å². The van der Waals surface area contributed by atoms with E-state index in [1.165, 1.54) is 0 Å². The Kier molecular flexibility index (Phi) is 27.9. The SMILES string of the molecule is C[Si](C)(CC(=O)CCCCCCCCC(=O)[O-])O[Si](C)(C)CC(=O)CCCCCCCCC(=O)[O-].[Na+].[Na+]. The van der Waals surface area contributed by atoms with Gasteiger partial charge in [-0.2, -0.15) is 0 Å². The number of Topliss-reactive ketones (excluding diaryl/α,β-unsaturated/α-hetero) is 2. The number of carboxylic acid groups (broad SMARTS) is 2. The van der Waals surface area contributed by atoms with Crippen LogP contribution in [0, 0.1) is 0 Å². The molecule has 0 heterocycles. The standard InChI is InChI=1S/C26H50O7Si2.2Na/c1-34(2,21-23(27)17-13-9-5-7-11-15-19-25(29)30)33-35(3,4)22-24(28)18-14-10-6-8-12-16-20-26(31)32;;/h5-22H2,1-4H3,(H,29,30)(H,31,32);;/q;2*+1/p-2. The third-order valence-electron chi connectivity index (χ3n) is 5.97. The van der Waals surface area contributed by atoms with Crippen LogP contribution in [0.5, 0.6) is 0 Å². The number of carbonyl (C=O) groups excluding carboxylic acids is 4. The van der Waals surface area contributed by atoms with E-state index in [1.807, 2.05) is 0 Å². The number of carbonyl (C=O) groups is 4. The van der Waals surface area contributed by atoms with E-state index in [0.717, 1.165) is 64.2 Å². The molecular formula is C26H48Na2O7Si2. The van der Waals surface area contributed by atoms with Crippen molar-refractivity contribution >= 4 is 40.1 Å². The van der Waals surface area contributed by atoms with Crippen LogP contribution >= 0.6 is 0 Å². The Morgan fingerprint density at radius 3 is 1.00 bits per heavy atom. The molecule has 0 aromatic carbocycles. The van der Waals surface area contributed by atoms with Crippen molar-refractivity contribution < 1.29 is 92.6 Å². The van der Waals surface area contributed by atoms with Crippen LogP contribution in [-0.4, -0.2) is 40.1 Å². The molecule has 0 amide bonds. The second-order valence-electron chi connectivity index (χ2n) is 11.0. The third-order valence-corrected chi connectivity index (χ3v) is 12.9. The first kappa shape index (κ1) is 42.1. The molecule has 0 atom stereocenters. The van der Waals surface area contributed by atoms with E-state index in [9.17, 15) is 29.4 Å². The molecule has 0 saturated heterocycles. The molecule has 0 radical (unpaired) electrons. The van der Waals surface area contributed by atoms with E-state index < -0.39 is 28.6 Å². The average molecular weight is 575 g/mol. The Labute approximate surface area is 271 Å². The second-order valence-corrected chi connectivity index (χ2v) is 19.6. The first-order valence-corrected chi connectivity index (χ1v) is 19.7. The van der Waals surface area contributed by atoms with E-state index in [1.54, 1.807) is 0 Å². The van der Waals surface area contributed by atoms with Gasteiger partial charge in [0.25, 0.3) is 0 Å². The fraction of sp³-hybridized carbons (Fsp3) is 0.846. The number of unbranched alkanes of at least 4 members (excludes halogenated alkanes) is 10. The van der Waals surface area contributed by atoms with Crippen LogP contribution in [0.4, 0.5) is 0 Å². The maximum atomic E-state index is 12.5. The first-order chi connectivity index (χ1) is 16.3. The zero-order valence-corrected chi connectivity index (χ0v) is 30.6. The Balaban J connectivity index is -0.00000578. The molecule has 0 saturated carbocycles. The molecule has 0 rings (SSSR count). The molecule has 7 nitrogen and oxygen atoms in total. The minimum Gasteiger partial charge on any atom is -0.550 e. The number of rotatable bonds is 24. The van der Waals surface area contributed by atoms with Crippen molar-refractivity contribution in [1.82, 2.24) is 0 Å². The van der Waals surface area contributed by atoms with E-state index in [-0.39, 0.29) is 83.5 Å². The number of carboxylic acids is 2. The van der Waals surface area contributed by atoms with E-state index >= 15 is 0 Å². The van der Waals surface area contributed by atoms with Crippen LogP contribution < -0.4 is 69.3 Å². The van der Waals surface area contributed by atoms with Crippen LogP contribution in [0.3, 0.4) is 0 Å². The molecule has 0 aliphatic carbocycles. The van der Waals surface area contributed by atoms with Crippen molar-refractivity contribution in [1.29, 1.82) is 0 Å². The van der Waals surface area contributed by atoms with Gasteiger partial charge in [0.2, 0.25) is 0 Å². The molecule has 0 aromatic rings. The Hall–Kier alpha value is 0.674. The van der Waals surface area contributed by atoms with E-state index in [2.05, 4.69) is 26.2 Å². The van der Waals surface area contributed by atoms with Gasteiger partial charge in [0, 0.05) is 36.9 Å². The third kappa shape index (κ3) is 29.5. The predicted octanol–water partition coefficient (Wildman–Crippen LogP) is -1.70. The van der Waals surface area contributed by atoms with Gasteiger partial charge >= 0.3 is 59.1 Å². The van der Waals surface area contributed by atoms with Crippen molar-refractivity contribution in [2.45, 2.75) is 141 Å². The summed E-state index contributed by atoms with van der Waals surface area (Å²) in [6, 6.07) is 0.975. The zero-order valence-electron chi connectivity index (χ0n) is 24.6. The minimum absolute atomic E-state index is 0. The quantitative estimate of drug-likeness (QED) is 0.0995. The van der Waals surface area contributed by atoms with Gasteiger partial charge < -0.3 is 23.9 Å². The summed E-state index contributed by atoms with van der Waals surface area (Å²) >= 11 is 0. The summed E-state index contributed by atoms with van der Waals surface area (Å²) in [6.45, 7) is 8.29. The molecule has 0 aliphatic rings. The van der Waals surface area contributed by atoms with Gasteiger partial charge in [-0.3, -0.25) is 9.59 Å². The summed E-state index contributed by atoms with van der Waals surface area (Å²) in [5.41, 5.74) is 0. The predicted molar refractivity (Wildman–Crippen MR) is 140 cm³/mol. The first-order valence-electron chi connectivity index (χ1n) is 13.5. The number of hydrogen-bond acceptors (Lipinski definition) is 7. The molecular weight excluding hydrogens is 526 g/mol. The minimum atomic E-state index is -2.18. The monoisotopic (exact) mass is 574 g/mol. The summed E-state index contributed by atoms with van der Waals surface area (Å²) in [6.07, 6.45) is 12.2. The largest absolute Gasteiger partial charge is 1.00 e. The topological polar surface area (TPSA) is 124 Å². The van der Waals surface area contributed by atoms with Crippen molar-refractivity contribution in [2.24, 2.45) is 0 Å². The molecule has 0 aliphatic heterocycles. The Bertz CT molecular complexity index is 605. The van der Waals surface area contributed by atoms with Crippen LogP contribution in [0.25, 0.3) is 0 Å². The molecule has 0 unspecified atom stereocenters. The smallest absolute Gasteiger partial charge is 0.550 e. The van der Waals surface area contributed by atoms with Crippen molar-refractivity contribution in [3.8, 4) is 0 Å². The van der Waals surface area contributed by atoms with Gasteiger partial charge in [-0.15, -0.1) is 0 Å². The van der Waals surface area contributed by atoms with Gasteiger partial charge in [-0.05, 0) is 64.7 Å². The van der Waals surface area contributed by atoms with Crippen LogP contribution in [0.1, 0.15) is 103 Å². The number of aliphatic carboxylic acids is 2. The van der Waals surface area contributed by atoms with Crippen molar-refractivity contribution in [3.63, 3.8) is 0 Å². The zero-order chi connectivity index (χ0) is 26.7. The molecule has 0 N–H and O–H groups in total. The summed E-state index contributed by atoms with van der Waals surface area (Å²) in [5, 5.41) is 20.8. The van der Waals surface area contributed by atoms with Crippen molar-refractivity contribution in [3.05, 3.63) is 0 Å². The van der Waals surface area contributed by atoms with E-state index in [0.29, 0.717) is 37.8 Å². The van der Waals surface area contributed by atoms with E-state index in [4.69, 9.17) is 4.12 Å². The molecule has 0 fully saturated rings. The average Bonchev–Trinajstić information content (AvgIpc) is 2.69. The molecule has 0 bridgehead atoms. The Morgan fingerprint density at radius 1 is 0.486 bits per heavy atom. The summed E-state index contributed by atoms with van der Waals surface area (Å²) in [4.78, 5) is 45.7. The molecule has 0 spiro atoms. The number of hydrogen-bond donors (Lipinski definition) is 0. The molecule has 11 heteroatoms. The van der Waals surface area contributed by atoms with Gasteiger partial charge in [-0.25, -0.2) is 0 Å². The molecule has 37 heavy (non-hydrogen) atoms. The molecule has 204 valence electrons. The maximum Gasteiger partial charge on any atom is 1.00 e. The van der Waals surface area contributed by atoms with Crippen molar-refractivity contribution in [2.75, 3.05) is 0 Å². The van der Waals surface area contributed by atoms with Gasteiger partial charge in [0.05, 0.1) is 0 Å². The van der Waals surface area contributed by atoms with Crippen LogP contribution in [0.15, 0.2) is 0 Å². The summed E-state index contributed by atoms with van der Waals surface area (Å²) in [7, 11) is -4.36. The Morgan fingerprint density at radius 2 is 0.730 bits per heavy atom. The van der Waals surface area contributed by atoms with Gasteiger partial charge in [0.15, 0.2) is 16.6 Å². The normalized spacial score (nSPS) is 11.4. The van der Waals surface area contributed by atoms with Gasteiger partial charge in [-0.1, -0.05) is 51.4 Å². The summed E-state index contributed by atoms with van der Waals surface area (Å²) in [5.74, 6) is -1.49. The van der Waals surface area contributed by atoms with Crippen LogP contribution in [0.2, 0.25) is 38.3 Å². The maximum absolute atomic E-state index is 12.5. The fourth-order valence-electron chi connectivity index (χ4n) is 4.54. The summed E-state index contributed by atoms with van der Waals surface area (Å²) < 4.78 is 6.48. The fourth-order valence-corrected chi connectivity index (χ4v) is 13.4. The number of ketones is 2.